The van der Waals surface area contributed by atoms with Gasteiger partial charge in [-0.2, -0.15) is 0 Å². The molecule has 0 saturated carbocycles. The van der Waals surface area contributed by atoms with Crippen LogP contribution in [-0.2, 0) is 9.84 Å². The minimum absolute atomic E-state index is 0.0980. The summed E-state index contributed by atoms with van der Waals surface area (Å²) in [5.41, 5.74) is -0.0980. The van der Waals surface area contributed by atoms with Gasteiger partial charge in [-0.1, -0.05) is 13.3 Å². The number of sulfone groups is 1. The molecule has 0 radical (unpaired) electrons. The van der Waals surface area contributed by atoms with E-state index >= 15 is 0 Å². The van der Waals surface area contributed by atoms with Crippen LogP contribution in [0.5, 0.6) is 0 Å². The van der Waals surface area contributed by atoms with Gasteiger partial charge >= 0.3 is 0 Å². The van der Waals surface area contributed by atoms with Crippen molar-refractivity contribution < 1.29 is 8.42 Å². The lowest BCUT2D eigenvalue weighted by Gasteiger charge is -2.38. The Kier molecular flexibility index (Phi) is 3.08. The van der Waals surface area contributed by atoms with Crippen LogP contribution in [-0.4, -0.2) is 31.5 Å². The van der Waals surface area contributed by atoms with E-state index in [1.165, 1.54) is 0 Å². The average Bonchev–Trinajstić information content (AvgIpc) is 2.66. The first kappa shape index (κ1) is 11.4. The van der Waals surface area contributed by atoms with E-state index in [0.29, 0.717) is 5.75 Å². The third-order valence-electron chi connectivity index (χ3n) is 4.10. The molecule has 0 amide bonds. The Labute approximate surface area is 92.6 Å². The summed E-state index contributed by atoms with van der Waals surface area (Å²) in [6.45, 7) is 3.10. The summed E-state index contributed by atoms with van der Waals surface area (Å²) in [4.78, 5) is 0. The van der Waals surface area contributed by atoms with Crippen LogP contribution in [0.2, 0.25) is 0 Å². The topological polar surface area (TPSA) is 46.2 Å². The molecule has 15 heavy (non-hydrogen) atoms. The van der Waals surface area contributed by atoms with Crippen LogP contribution in [0.25, 0.3) is 0 Å². The van der Waals surface area contributed by atoms with Crippen LogP contribution in [0, 0.1) is 0 Å². The smallest absolute Gasteiger partial charge is 0.154 e. The Morgan fingerprint density at radius 3 is 2.67 bits per heavy atom. The standard InChI is InChI=1S/C11H21NO2S/c1-2-11(7-5-8-12-11)10-6-3-4-9-15(10,13)14/h10,12H,2-9H2,1H3. The van der Waals surface area contributed by atoms with Crippen molar-refractivity contribution in [3.63, 3.8) is 0 Å². The first-order chi connectivity index (χ1) is 7.11. The molecule has 2 saturated heterocycles. The van der Waals surface area contributed by atoms with Crippen molar-refractivity contribution in [1.29, 1.82) is 0 Å². The number of hydrogen-bond acceptors (Lipinski definition) is 3. The van der Waals surface area contributed by atoms with Crippen LogP contribution in [0.15, 0.2) is 0 Å². The summed E-state index contributed by atoms with van der Waals surface area (Å²) in [6, 6.07) is 0. The quantitative estimate of drug-likeness (QED) is 0.783. The molecule has 2 aliphatic rings. The second-order valence-electron chi connectivity index (χ2n) is 4.89. The molecule has 0 spiro atoms. The lowest BCUT2D eigenvalue weighted by molar-refractivity contribution is 0.317. The van der Waals surface area contributed by atoms with Gasteiger partial charge in [-0.15, -0.1) is 0 Å². The third-order valence-corrected chi connectivity index (χ3v) is 6.51. The fourth-order valence-corrected chi connectivity index (χ4v) is 5.68. The molecule has 2 aliphatic heterocycles. The maximum absolute atomic E-state index is 12.1. The Morgan fingerprint density at radius 2 is 2.13 bits per heavy atom. The molecule has 0 aromatic heterocycles. The molecular weight excluding hydrogens is 210 g/mol. The Morgan fingerprint density at radius 1 is 1.33 bits per heavy atom. The van der Waals surface area contributed by atoms with Crippen molar-refractivity contribution in [3.8, 4) is 0 Å². The zero-order chi connectivity index (χ0) is 10.9. The van der Waals surface area contributed by atoms with Gasteiger partial charge in [-0.25, -0.2) is 8.42 Å². The number of hydrogen-bond donors (Lipinski definition) is 1. The van der Waals surface area contributed by atoms with Crippen LogP contribution in [0.3, 0.4) is 0 Å². The molecule has 0 bridgehead atoms. The highest BCUT2D eigenvalue weighted by Crippen LogP contribution is 2.36. The molecule has 0 aromatic carbocycles. The zero-order valence-corrected chi connectivity index (χ0v) is 10.3. The molecular formula is C11H21NO2S. The first-order valence-electron chi connectivity index (χ1n) is 6.07. The third kappa shape index (κ3) is 1.94. The molecule has 3 nitrogen and oxygen atoms in total. The Balaban J connectivity index is 2.26. The summed E-state index contributed by atoms with van der Waals surface area (Å²) >= 11 is 0. The maximum atomic E-state index is 12.1. The molecule has 2 atom stereocenters. The van der Waals surface area contributed by atoms with Crippen molar-refractivity contribution in [2.75, 3.05) is 12.3 Å². The van der Waals surface area contributed by atoms with Crippen molar-refractivity contribution >= 4 is 9.84 Å². The monoisotopic (exact) mass is 231 g/mol. The summed E-state index contributed by atoms with van der Waals surface area (Å²) in [5, 5.41) is 3.35. The average molecular weight is 231 g/mol. The van der Waals surface area contributed by atoms with Gasteiger partial charge < -0.3 is 5.32 Å². The minimum atomic E-state index is -2.84. The summed E-state index contributed by atoms with van der Waals surface area (Å²) in [7, 11) is -2.84. The largest absolute Gasteiger partial charge is 0.310 e. The van der Waals surface area contributed by atoms with E-state index in [1.807, 2.05) is 0 Å². The van der Waals surface area contributed by atoms with Crippen LogP contribution in [0.1, 0.15) is 45.4 Å². The van der Waals surface area contributed by atoms with Gasteiger partial charge in [-0.05, 0) is 38.6 Å². The van der Waals surface area contributed by atoms with Crippen molar-refractivity contribution in [1.82, 2.24) is 5.32 Å². The van der Waals surface area contributed by atoms with Gasteiger partial charge in [0.1, 0.15) is 0 Å². The maximum Gasteiger partial charge on any atom is 0.154 e. The van der Waals surface area contributed by atoms with E-state index in [9.17, 15) is 8.42 Å². The summed E-state index contributed by atoms with van der Waals surface area (Å²) in [5.74, 6) is 0.404. The molecule has 88 valence electrons. The fourth-order valence-electron chi connectivity index (χ4n) is 3.21. The highest BCUT2D eigenvalue weighted by Gasteiger charge is 2.46. The van der Waals surface area contributed by atoms with Crippen molar-refractivity contribution in [3.05, 3.63) is 0 Å². The van der Waals surface area contributed by atoms with Crippen LogP contribution >= 0.6 is 0 Å². The number of rotatable bonds is 2. The van der Waals surface area contributed by atoms with Gasteiger partial charge in [0.15, 0.2) is 9.84 Å². The van der Waals surface area contributed by atoms with Crippen molar-refractivity contribution in [2.24, 2.45) is 0 Å². The van der Waals surface area contributed by atoms with E-state index in [4.69, 9.17) is 0 Å². The molecule has 1 N–H and O–H groups in total. The molecule has 4 heteroatoms. The lowest BCUT2D eigenvalue weighted by atomic mass is 9.87. The fraction of sp³-hybridized carbons (Fsp3) is 1.00. The normalized spacial score (nSPS) is 40.5. The highest BCUT2D eigenvalue weighted by atomic mass is 32.2. The second-order valence-corrected chi connectivity index (χ2v) is 7.19. The van der Waals surface area contributed by atoms with E-state index in [1.54, 1.807) is 0 Å². The van der Waals surface area contributed by atoms with Gasteiger partial charge in [0.05, 0.1) is 11.0 Å². The van der Waals surface area contributed by atoms with E-state index in [-0.39, 0.29) is 10.8 Å². The second kappa shape index (κ2) is 4.06. The van der Waals surface area contributed by atoms with Gasteiger partial charge in [0.25, 0.3) is 0 Å². The molecule has 0 aliphatic carbocycles. The van der Waals surface area contributed by atoms with E-state index < -0.39 is 9.84 Å². The van der Waals surface area contributed by atoms with Gasteiger partial charge in [-0.3, -0.25) is 0 Å². The SMILES string of the molecule is CCC1(C2CCCCS2(=O)=O)CCCN1. The Bertz CT molecular complexity index is 317. The minimum Gasteiger partial charge on any atom is -0.310 e. The van der Waals surface area contributed by atoms with Crippen LogP contribution < -0.4 is 5.32 Å². The summed E-state index contributed by atoms with van der Waals surface area (Å²) < 4.78 is 24.2. The molecule has 2 unspecified atom stereocenters. The molecule has 2 rings (SSSR count). The van der Waals surface area contributed by atoms with Gasteiger partial charge in [0.2, 0.25) is 0 Å². The zero-order valence-electron chi connectivity index (χ0n) is 9.46. The predicted molar refractivity (Wildman–Crippen MR) is 61.7 cm³/mol. The van der Waals surface area contributed by atoms with Crippen molar-refractivity contribution in [2.45, 2.75) is 56.2 Å². The Hall–Kier alpha value is -0.0900. The van der Waals surface area contributed by atoms with E-state index in [0.717, 1.165) is 45.1 Å². The first-order valence-corrected chi connectivity index (χ1v) is 7.79. The van der Waals surface area contributed by atoms with E-state index in [2.05, 4.69) is 12.2 Å². The highest BCUT2D eigenvalue weighted by molar-refractivity contribution is 7.92. The molecule has 2 fully saturated rings. The summed E-state index contributed by atoms with van der Waals surface area (Å²) in [6.07, 6.45) is 5.90. The molecule has 2 heterocycles. The van der Waals surface area contributed by atoms with Crippen LogP contribution in [0.4, 0.5) is 0 Å². The molecule has 0 aromatic rings. The predicted octanol–water partition coefficient (Wildman–Crippen LogP) is 1.49. The lowest BCUT2D eigenvalue weighted by Crippen LogP contribution is -2.55. The number of nitrogens with one attached hydrogen (secondary N) is 1. The van der Waals surface area contributed by atoms with Gasteiger partial charge in [0, 0.05) is 5.54 Å².